The molecule has 0 radical (unpaired) electrons. The summed E-state index contributed by atoms with van der Waals surface area (Å²) in [5.74, 6) is 0. The standard InChI is InChI=1S/C15H20N/c1-4-8-14-12(5-2)11-13-9-6-7-10-15(13)16(14)3/h6-7,9-11H,4-5,8H2,1-3H3/q+1. The number of benzene rings is 1. The van der Waals surface area contributed by atoms with Crippen molar-refractivity contribution in [3.05, 3.63) is 41.6 Å². The third-order valence-corrected chi connectivity index (χ3v) is 3.27. The van der Waals surface area contributed by atoms with Crippen LogP contribution < -0.4 is 4.57 Å². The summed E-state index contributed by atoms with van der Waals surface area (Å²) in [7, 11) is 2.19. The predicted octanol–water partition coefficient (Wildman–Crippen LogP) is 3.18. The lowest BCUT2D eigenvalue weighted by Gasteiger charge is -2.07. The fourth-order valence-electron chi connectivity index (χ4n) is 2.42. The Balaban J connectivity index is 2.71. The van der Waals surface area contributed by atoms with Crippen LogP contribution in [0, 0.1) is 0 Å². The third-order valence-electron chi connectivity index (χ3n) is 3.27. The van der Waals surface area contributed by atoms with Crippen LogP contribution in [0.4, 0.5) is 0 Å². The molecular formula is C15H20N+. The van der Waals surface area contributed by atoms with Gasteiger partial charge in [0.15, 0.2) is 5.69 Å². The highest BCUT2D eigenvalue weighted by Crippen LogP contribution is 2.16. The van der Waals surface area contributed by atoms with Crippen molar-refractivity contribution in [2.75, 3.05) is 0 Å². The maximum Gasteiger partial charge on any atom is 0.212 e. The molecule has 1 nitrogen and oxygen atoms in total. The van der Waals surface area contributed by atoms with Crippen molar-refractivity contribution in [1.29, 1.82) is 0 Å². The summed E-state index contributed by atoms with van der Waals surface area (Å²) >= 11 is 0. The topological polar surface area (TPSA) is 3.88 Å². The SMILES string of the molecule is CCCc1c(CC)cc2ccccc2[n+]1C. The molecule has 0 atom stereocenters. The van der Waals surface area contributed by atoms with Crippen LogP contribution in [0.15, 0.2) is 30.3 Å². The van der Waals surface area contributed by atoms with Gasteiger partial charge in [-0.3, -0.25) is 0 Å². The molecule has 0 amide bonds. The van der Waals surface area contributed by atoms with Crippen molar-refractivity contribution in [2.24, 2.45) is 7.05 Å². The second-order valence-corrected chi connectivity index (χ2v) is 4.34. The van der Waals surface area contributed by atoms with Crippen molar-refractivity contribution in [3.63, 3.8) is 0 Å². The molecule has 1 heteroatoms. The number of fused-ring (bicyclic) bond motifs is 1. The van der Waals surface area contributed by atoms with Crippen molar-refractivity contribution < 1.29 is 4.57 Å². The molecule has 0 unspecified atom stereocenters. The molecule has 0 aliphatic rings. The molecule has 1 aromatic heterocycles. The second kappa shape index (κ2) is 4.65. The minimum absolute atomic E-state index is 1.12. The molecule has 0 fully saturated rings. The zero-order valence-corrected chi connectivity index (χ0v) is 10.5. The fourth-order valence-corrected chi connectivity index (χ4v) is 2.42. The van der Waals surface area contributed by atoms with Gasteiger partial charge in [-0.25, -0.2) is 0 Å². The van der Waals surface area contributed by atoms with Crippen molar-refractivity contribution in [2.45, 2.75) is 33.1 Å². The van der Waals surface area contributed by atoms with E-state index in [2.05, 4.69) is 55.8 Å². The van der Waals surface area contributed by atoms with Gasteiger partial charge in [-0.1, -0.05) is 26.0 Å². The Bertz CT molecular complexity index is 500. The smallest absolute Gasteiger partial charge is 0.198 e. The summed E-state index contributed by atoms with van der Waals surface area (Å²) in [6, 6.07) is 11.0. The van der Waals surface area contributed by atoms with Crippen LogP contribution in [0.1, 0.15) is 31.5 Å². The minimum atomic E-state index is 1.12. The molecule has 0 aliphatic heterocycles. The van der Waals surface area contributed by atoms with Gasteiger partial charge in [-0.05, 0) is 25.0 Å². The Kier molecular flexibility index (Phi) is 3.23. The van der Waals surface area contributed by atoms with Crippen LogP contribution in [-0.2, 0) is 19.9 Å². The van der Waals surface area contributed by atoms with Crippen LogP contribution in [-0.4, -0.2) is 0 Å². The Hall–Kier alpha value is -1.37. The number of hydrogen-bond acceptors (Lipinski definition) is 0. The molecular weight excluding hydrogens is 194 g/mol. The van der Waals surface area contributed by atoms with E-state index in [1.54, 1.807) is 0 Å². The quantitative estimate of drug-likeness (QED) is 0.691. The van der Waals surface area contributed by atoms with E-state index in [0.717, 1.165) is 6.42 Å². The number of pyridine rings is 1. The molecule has 0 aliphatic carbocycles. The average Bonchev–Trinajstić information content (AvgIpc) is 2.33. The van der Waals surface area contributed by atoms with E-state index in [0.29, 0.717) is 0 Å². The lowest BCUT2D eigenvalue weighted by atomic mass is 10.0. The summed E-state index contributed by atoms with van der Waals surface area (Å²) in [5.41, 5.74) is 4.31. The lowest BCUT2D eigenvalue weighted by Crippen LogP contribution is -2.36. The highest BCUT2D eigenvalue weighted by Gasteiger charge is 2.15. The Labute approximate surface area is 97.7 Å². The second-order valence-electron chi connectivity index (χ2n) is 4.34. The predicted molar refractivity (Wildman–Crippen MR) is 68.5 cm³/mol. The van der Waals surface area contributed by atoms with Crippen molar-refractivity contribution >= 4 is 10.9 Å². The van der Waals surface area contributed by atoms with Crippen molar-refractivity contribution in [1.82, 2.24) is 0 Å². The normalized spacial score (nSPS) is 10.9. The number of aryl methyl sites for hydroxylation is 2. The summed E-state index contributed by atoms with van der Waals surface area (Å²) in [4.78, 5) is 0. The van der Waals surface area contributed by atoms with Crippen LogP contribution in [0.3, 0.4) is 0 Å². The van der Waals surface area contributed by atoms with Gasteiger partial charge in [-0.15, -0.1) is 0 Å². The molecule has 0 N–H and O–H groups in total. The molecule has 1 heterocycles. The maximum absolute atomic E-state index is 2.36. The first-order valence-corrected chi connectivity index (χ1v) is 6.17. The molecule has 0 saturated heterocycles. The van der Waals surface area contributed by atoms with Gasteiger partial charge in [0, 0.05) is 23.4 Å². The van der Waals surface area contributed by atoms with E-state index in [4.69, 9.17) is 0 Å². The fraction of sp³-hybridized carbons (Fsp3) is 0.400. The van der Waals surface area contributed by atoms with E-state index in [1.807, 2.05) is 0 Å². The van der Waals surface area contributed by atoms with Crippen LogP contribution in [0.25, 0.3) is 10.9 Å². The molecule has 0 bridgehead atoms. The third kappa shape index (κ3) is 1.82. The van der Waals surface area contributed by atoms with E-state index in [-0.39, 0.29) is 0 Å². The monoisotopic (exact) mass is 214 g/mol. The van der Waals surface area contributed by atoms with Crippen molar-refractivity contribution in [3.8, 4) is 0 Å². The van der Waals surface area contributed by atoms with Crippen LogP contribution in [0.5, 0.6) is 0 Å². The summed E-state index contributed by atoms with van der Waals surface area (Å²) < 4.78 is 2.36. The summed E-state index contributed by atoms with van der Waals surface area (Å²) in [6.07, 6.45) is 3.50. The minimum Gasteiger partial charge on any atom is -0.198 e. The zero-order valence-electron chi connectivity index (χ0n) is 10.5. The van der Waals surface area contributed by atoms with Gasteiger partial charge < -0.3 is 0 Å². The Morgan fingerprint density at radius 3 is 2.56 bits per heavy atom. The molecule has 16 heavy (non-hydrogen) atoms. The maximum atomic E-state index is 2.36. The molecule has 1 aromatic carbocycles. The first kappa shape index (κ1) is 11.1. The molecule has 2 rings (SSSR count). The average molecular weight is 214 g/mol. The number of hydrogen-bond donors (Lipinski definition) is 0. The highest BCUT2D eigenvalue weighted by atomic mass is 14.9. The van der Waals surface area contributed by atoms with E-state index < -0.39 is 0 Å². The summed E-state index contributed by atoms with van der Waals surface area (Å²) in [6.45, 7) is 4.48. The lowest BCUT2D eigenvalue weighted by molar-refractivity contribution is -0.653. The van der Waals surface area contributed by atoms with Gasteiger partial charge in [0.25, 0.3) is 0 Å². The first-order valence-electron chi connectivity index (χ1n) is 6.17. The van der Waals surface area contributed by atoms with Gasteiger partial charge in [-0.2, -0.15) is 4.57 Å². The molecule has 0 spiro atoms. The van der Waals surface area contributed by atoms with Gasteiger partial charge in [0.2, 0.25) is 5.52 Å². The molecule has 0 saturated carbocycles. The zero-order chi connectivity index (χ0) is 11.5. The number of nitrogens with zero attached hydrogens (tertiary/aromatic N) is 1. The van der Waals surface area contributed by atoms with E-state index in [9.17, 15) is 0 Å². The van der Waals surface area contributed by atoms with E-state index in [1.165, 1.54) is 35.0 Å². The molecule has 2 aromatic rings. The number of para-hydroxylation sites is 1. The van der Waals surface area contributed by atoms with Gasteiger partial charge in [0.05, 0.1) is 0 Å². The van der Waals surface area contributed by atoms with Gasteiger partial charge in [0.1, 0.15) is 7.05 Å². The highest BCUT2D eigenvalue weighted by molar-refractivity contribution is 5.76. The van der Waals surface area contributed by atoms with E-state index >= 15 is 0 Å². The van der Waals surface area contributed by atoms with Gasteiger partial charge >= 0.3 is 0 Å². The largest absolute Gasteiger partial charge is 0.212 e. The number of aromatic nitrogens is 1. The number of rotatable bonds is 3. The Morgan fingerprint density at radius 1 is 1.12 bits per heavy atom. The van der Waals surface area contributed by atoms with Crippen LogP contribution in [0.2, 0.25) is 0 Å². The molecule has 84 valence electrons. The Morgan fingerprint density at radius 2 is 1.88 bits per heavy atom. The first-order chi connectivity index (χ1) is 7.77. The van der Waals surface area contributed by atoms with Crippen LogP contribution >= 0.6 is 0 Å². The summed E-state index contributed by atoms with van der Waals surface area (Å²) in [5, 5.41) is 1.35.